The second kappa shape index (κ2) is 9.48. The third kappa shape index (κ3) is 5.18. The summed E-state index contributed by atoms with van der Waals surface area (Å²) in [5.41, 5.74) is 1.87. The Morgan fingerprint density at radius 3 is 2.64 bits per heavy atom. The third-order valence-corrected chi connectivity index (χ3v) is 5.33. The van der Waals surface area contributed by atoms with Gasteiger partial charge < -0.3 is 9.64 Å². The van der Waals surface area contributed by atoms with Gasteiger partial charge in [0.25, 0.3) is 5.91 Å². The molecule has 1 amide bonds. The van der Waals surface area contributed by atoms with Gasteiger partial charge in [-0.2, -0.15) is 0 Å². The molecule has 28 heavy (non-hydrogen) atoms. The highest BCUT2D eigenvalue weighted by Gasteiger charge is 2.18. The van der Waals surface area contributed by atoms with Crippen LogP contribution in [0.2, 0.25) is 0 Å². The first-order valence-electron chi connectivity index (χ1n) is 9.21. The van der Waals surface area contributed by atoms with Crippen LogP contribution in [0.4, 0.5) is 5.13 Å². The molecule has 0 aliphatic heterocycles. The van der Waals surface area contributed by atoms with Gasteiger partial charge >= 0.3 is 0 Å². The summed E-state index contributed by atoms with van der Waals surface area (Å²) in [7, 11) is 5.71. The Morgan fingerprint density at radius 2 is 1.93 bits per heavy atom. The van der Waals surface area contributed by atoms with Gasteiger partial charge in [-0.15, -0.1) is 0 Å². The summed E-state index contributed by atoms with van der Waals surface area (Å²) in [6, 6.07) is 15.6. The van der Waals surface area contributed by atoms with E-state index in [-0.39, 0.29) is 5.91 Å². The maximum Gasteiger partial charge on any atom is 0.252 e. The fourth-order valence-electron chi connectivity index (χ4n) is 2.80. The largest absolute Gasteiger partial charge is 0.497 e. The third-order valence-electron chi connectivity index (χ3n) is 4.29. The molecule has 6 heteroatoms. The summed E-state index contributed by atoms with van der Waals surface area (Å²) in [6.07, 6.45) is 4.34. The van der Waals surface area contributed by atoms with E-state index in [0.717, 1.165) is 34.5 Å². The number of fused-ring (bicyclic) bond motifs is 1. The summed E-state index contributed by atoms with van der Waals surface area (Å²) >= 11 is 1.51. The summed E-state index contributed by atoms with van der Waals surface area (Å²) in [5, 5.41) is 0.713. The molecule has 0 aliphatic carbocycles. The highest BCUT2D eigenvalue weighted by Crippen LogP contribution is 2.31. The van der Waals surface area contributed by atoms with E-state index in [1.54, 1.807) is 18.1 Å². The Bertz CT molecular complexity index is 951. The van der Waals surface area contributed by atoms with Crippen LogP contribution in [0.3, 0.4) is 0 Å². The smallest absolute Gasteiger partial charge is 0.252 e. The zero-order valence-electron chi connectivity index (χ0n) is 16.5. The molecule has 5 nitrogen and oxygen atoms in total. The second-order valence-corrected chi connectivity index (χ2v) is 7.73. The quantitative estimate of drug-likeness (QED) is 0.534. The maximum atomic E-state index is 13.0. The zero-order chi connectivity index (χ0) is 19.9. The van der Waals surface area contributed by atoms with E-state index in [4.69, 9.17) is 4.74 Å². The number of ether oxygens (including phenoxy) is 1. The highest BCUT2D eigenvalue weighted by atomic mass is 32.1. The van der Waals surface area contributed by atoms with Crippen molar-refractivity contribution in [2.45, 2.75) is 6.42 Å². The lowest BCUT2D eigenvalue weighted by Crippen LogP contribution is -2.32. The van der Waals surface area contributed by atoms with E-state index >= 15 is 0 Å². The van der Waals surface area contributed by atoms with Crippen LogP contribution in [0.15, 0.2) is 54.6 Å². The number of rotatable bonds is 8. The Labute approximate surface area is 169 Å². The molecule has 0 saturated carbocycles. The minimum atomic E-state index is -0.0615. The van der Waals surface area contributed by atoms with Crippen LogP contribution in [0, 0.1) is 0 Å². The van der Waals surface area contributed by atoms with E-state index < -0.39 is 0 Å². The normalized spacial score (nSPS) is 11.4. The molecule has 3 aromatic rings. The van der Waals surface area contributed by atoms with Crippen molar-refractivity contribution in [3.05, 3.63) is 60.2 Å². The van der Waals surface area contributed by atoms with Crippen molar-refractivity contribution in [2.24, 2.45) is 0 Å². The second-order valence-electron chi connectivity index (χ2n) is 6.72. The van der Waals surface area contributed by atoms with Crippen molar-refractivity contribution < 1.29 is 9.53 Å². The molecule has 0 saturated heterocycles. The molecular formula is C22H25N3O2S. The van der Waals surface area contributed by atoms with Crippen LogP contribution in [0.5, 0.6) is 5.75 Å². The molecule has 0 radical (unpaired) electrons. The van der Waals surface area contributed by atoms with Crippen LogP contribution in [-0.4, -0.2) is 50.1 Å². The zero-order valence-corrected chi connectivity index (χ0v) is 17.3. The SMILES string of the molecule is COc1ccc2nc(N(CCCN(C)C)C(=O)/C=C/c3ccccc3)sc2c1. The number of amides is 1. The van der Waals surface area contributed by atoms with Crippen molar-refractivity contribution >= 4 is 38.7 Å². The summed E-state index contributed by atoms with van der Waals surface area (Å²) < 4.78 is 6.31. The van der Waals surface area contributed by atoms with Gasteiger partial charge in [0.15, 0.2) is 5.13 Å². The van der Waals surface area contributed by atoms with Crippen LogP contribution >= 0.6 is 11.3 Å². The van der Waals surface area contributed by atoms with Crippen molar-refractivity contribution in [3.63, 3.8) is 0 Å². The lowest BCUT2D eigenvalue weighted by atomic mass is 10.2. The predicted octanol–water partition coefficient (Wildman–Crippen LogP) is 4.30. The number of hydrogen-bond acceptors (Lipinski definition) is 5. The minimum absolute atomic E-state index is 0.0615. The Morgan fingerprint density at radius 1 is 1.14 bits per heavy atom. The number of nitrogens with zero attached hydrogens (tertiary/aromatic N) is 3. The highest BCUT2D eigenvalue weighted by molar-refractivity contribution is 7.22. The van der Waals surface area contributed by atoms with Gasteiger partial charge in [0.2, 0.25) is 0 Å². The fourth-order valence-corrected chi connectivity index (χ4v) is 3.83. The number of aromatic nitrogens is 1. The monoisotopic (exact) mass is 395 g/mol. The predicted molar refractivity (Wildman–Crippen MR) is 117 cm³/mol. The fraction of sp³-hybridized carbons (Fsp3) is 0.273. The molecule has 0 aliphatic rings. The van der Waals surface area contributed by atoms with Crippen molar-refractivity contribution in [3.8, 4) is 5.75 Å². The van der Waals surface area contributed by atoms with E-state index in [2.05, 4.69) is 9.88 Å². The van der Waals surface area contributed by atoms with Crippen LogP contribution in [-0.2, 0) is 4.79 Å². The van der Waals surface area contributed by atoms with E-state index in [0.29, 0.717) is 11.7 Å². The molecule has 2 aromatic carbocycles. The average Bonchev–Trinajstić information content (AvgIpc) is 3.12. The first kappa shape index (κ1) is 20.0. The number of thiazole rings is 1. The van der Waals surface area contributed by atoms with Gasteiger partial charge in [-0.3, -0.25) is 9.69 Å². The molecule has 1 aromatic heterocycles. The Hall–Kier alpha value is -2.70. The average molecular weight is 396 g/mol. The molecule has 0 unspecified atom stereocenters. The molecule has 0 spiro atoms. The Balaban J connectivity index is 1.85. The summed E-state index contributed by atoms with van der Waals surface area (Å²) in [6.45, 7) is 1.53. The molecule has 3 rings (SSSR count). The molecule has 0 N–H and O–H groups in total. The molecule has 0 fully saturated rings. The topological polar surface area (TPSA) is 45.7 Å². The lowest BCUT2D eigenvalue weighted by molar-refractivity contribution is -0.114. The van der Waals surface area contributed by atoms with E-state index in [9.17, 15) is 4.79 Å². The van der Waals surface area contributed by atoms with Gasteiger partial charge in [0, 0.05) is 12.6 Å². The molecule has 1 heterocycles. The van der Waals surface area contributed by atoms with Gasteiger partial charge in [0.1, 0.15) is 5.75 Å². The number of carbonyl (C=O) groups is 1. The maximum absolute atomic E-state index is 13.0. The van der Waals surface area contributed by atoms with Gasteiger partial charge in [0.05, 0.1) is 17.3 Å². The van der Waals surface area contributed by atoms with E-state index in [1.807, 2.05) is 68.7 Å². The van der Waals surface area contributed by atoms with Crippen molar-refractivity contribution in [2.75, 3.05) is 39.2 Å². The van der Waals surface area contributed by atoms with Crippen LogP contribution in [0.25, 0.3) is 16.3 Å². The van der Waals surface area contributed by atoms with Crippen LogP contribution < -0.4 is 9.64 Å². The molecular weight excluding hydrogens is 370 g/mol. The van der Waals surface area contributed by atoms with Crippen LogP contribution in [0.1, 0.15) is 12.0 Å². The number of anilines is 1. The van der Waals surface area contributed by atoms with Crippen molar-refractivity contribution in [1.82, 2.24) is 9.88 Å². The first-order chi connectivity index (χ1) is 13.6. The number of benzene rings is 2. The lowest BCUT2D eigenvalue weighted by Gasteiger charge is -2.19. The standard InChI is InChI=1S/C22H25N3O2S/c1-24(2)14-7-15-25(21(26)13-10-17-8-5-4-6-9-17)22-23-19-12-11-18(27-3)16-20(19)28-22/h4-6,8-13,16H,7,14-15H2,1-3H3/b13-10+. The van der Waals surface area contributed by atoms with Gasteiger partial charge in [-0.05, 0) is 56.9 Å². The molecule has 0 atom stereocenters. The first-order valence-corrected chi connectivity index (χ1v) is 10.0. The van der Waals surface area contributed by atoms with Gasteiger partial charge in [-0.1, -0.05) is 41.7 Å². The number of carbonyl (C=O) groups excluding carboxylic acids is 1. The summed E-state index contributed by atoms with van der Waals surface area (Å²) in [5.74, 6) is 0.728. The molecule has 146 valence electrons. The molecule has 0 bridgehead atoms. The van der Waals surface area contributed by atoms with E-state index in [1.165, 1.54) is 11.3 Å². The Kier molecular flexibility index (Phi) is 6.79. The van der Waals surface area contributed by atoms with Gasteiger partial charge in [-0.25, -0.2) is 4.98 Å². The number of methoxy groups -OCH3 is 1. The summed E-state index contributed by atoms with van der Waals surface area (Å²) in [4.78, 5) is 21.5. The minimum Gasteiger partial charge on any atom is -0.497 e. The van der Waals surface area contributed by atoms with Crippen molar-refractivity contribution in [1.29, 1.82) is 0 Å². The number of hydrogen-bond donors (Lipinski definition) is 0.